The van der Waals surface area contributed by atoms with E-state index in [4.69, 9.17) is 4.74 Å². The highest BCUT2D eigenvalue weighted by atomic mass is 16.5. The van der Waals surface area contributed by atoms with Crippen molar-refractivity contribution in [2.24, 2.45) is 5.92 Å². The Bertz CT molecular complexity index is 952. The highest BCUT2D eigenvalue weighted by molar-refractivity contribution is 5.72. The molecule has 0 amide bonds. The van der Waals surface area contributed by atoms with E-state index in [1.54, 1.807) is 5.56 Å². The minimum absolute atomic E-state index is 0.104. The minimum atomic E-state index is -0.104. The topological polar surface area (TPSA) is 26.3 Å². The highest BCUT2D eigenvalue weighted by Crippen LogP contribution is 2.39. The van der Waals surface area contributed by atoms with Crippen molar-refractivity contribution in [1.82, 2.24) is 0 Å². The smallest absolute Gasteiger partial charge is 0.311 e. The first kappa shape index (κ1) is 29.5. The minimum Gasteiger partial charge on any atom is -0.426 e. The standard InChI is InChI=1S/C35H52O2/c1-5-7-9-10-12-14-35(36)37-34-24-20-31(26-28(34)4)16-15-30-19-23-33(27(3)25-30)32-21-17-29(18-22-32)13-11-8-6-2/h19-20,23-26,29,32H,5-18,21-22H2,1-4H3/t29-,32-. The van der Waals surface area contributed by atoms with Gasteiger partial charge in [0.15, 0.2) is 0 Å². The Kier molecular flexibility index (Phi) is 12.7. The monoisotopic (exact) mass is 504 g/mol. The Morgan fingerprint density at radius 1 is 0.757 bits per heavy atom. The molecule has 0 N–H and O–H groups in total. The number of esters is 1. The summed E-state index contributed by atoms with van der Waals surface area (Å²) in [6.45, 7) is 8.86. The Labute approximate surface area is 227 Å². The van der Waals surface area contributed by atoms with Crippen LogP contribution in [-0.2, 0) is 17.6 Å². The van der Waals surface area contributed by atoms with Crippen molar-refractivity contribution in [3.8, 4) is 5.75 Å². The summed E-state index contributed by atoms with van der Waals surface area (Å²) in [4.78, 5) is 12.2. The molecule has 1 aliphatic rings. The van der Waals surface area contributed by atoms with E-state index in [0.717, 1.165) is 43.1 Å². The average molecular weight is 505 g/mol. The van der Waals surface area contributed by atoms with Crippen LogP contribution in [0.2, 0.25) is 0 Å². The van der Waals surface area contributed by atoms with Gasteiger partial charge in [-0.25, -0.2) is 0 Å². The normalized spacial score (nSPS) is 17.6. The Balaban J connectivity index is 1.45. The number of hydrogen-bond donors (Lipinski definition) is 0. The molecule has 0 atom stereocenters. The van der Waals surface area contributed by atoms with Gasteiger partial charge in [0, 0.05) is 6.42 Å². The molecule has 3 rings (SSSR count). The van der Waals surface area contributed by atoms with Crippen molar-refractivity contribution in [3.05, 3.63) is 64.2 Å². The van der Waals surface area contributed by atoms with Crippen LogP contribution in [0.1, 0.15) is 137 Å². The molecule has 0 saturated heterocycles. The summed E-state index contributed by atoms with van der Waals surface area (Å²) in [6, 6.07) is 13.5. The van der Waals surface area contributed by atoms with Gasteiger partial charge in [0.05, 0.1) is 0 Å². The van der Waals surface area contributed by atoms with Crippen LogP contribution >= 0.6 is 0 Å². The molecule has 0 spiro atoms. The summed E-state index contributed by atoms with van der Waals surface area (Å²) in [5.74, 6) is 2.33. The van der Waals surface area contributed by atoms with E-state index < -0.39 is 0 Å². The summed E-state index contributed by atoms with van der Waals surface area (Å²) in [5.41, 5.74) is 6.84. The second-order valence-electron chi connectivity index (χ2n) is 11.6. The third-order valence-corrected chi connectivity index (χ3v) is 8.49. The summed E-state index contributed by atoms with van der Waals surface area (Å²) < 4.78 is 5.65. The van der Waals surface area contributed by atoms with Crippen molar-refractivity contribution in [1.29, 1.82) is 0 Å². The van der Waals surface area contributed by atoms with Gasteiger partial charge in [-0.2, -0.15) is 0 Å². The van der Waals surface area contributed by atoms with Crippen LogP contribution < -0.4 is 4.74 Å². The maximum Gasteiger partial charge on any atom is 0.311 e. The predicted octanol–water partition coefficient (Wildman–Crippen LogP) is 10.2. The van der Waals surface area contributed by atoms with Crippen molar-refractivity contribution < 1.29 is 9.53 Å². The van der Waals surface area contributed by atoms with Gasteiger partial charge in [0.2, 0.25) is 0 Å². The Morgan fingerprint density at radius 3 is 2.03 bits per heavy atom. The molecule has 204 valence electrons. The molecule has 0 aliphatic heterocycles. The fraction of sp³-hybridized carbons (Fsp3) is 0.629. The first-order valence-electron chi connectivity index (χ1n) is 15.4. The van der Waals surface area contributed by atoms with Crippen LogP contribution in [0.3, 0.4) is 0 Å². The van der Waals surface area contributed by atoms with Crippen molar-refractivity contribution in [2.75, 3.05) is 0 Å². The Morgan fingerprint density at radius 2 is 1.38 bits per heavy atom. The molecule has 2 aromatic rings. The molecule has 2 aromatic carbocycles. The number of ether oxygens (including phenoxy) is 1. The van der Waals surface area contributed by atoms with Gasteiger partial charge in [0.25, 0.3) is 0 Å². The summed E-state index contributed by atoms with van der Waals surface area (Å²) in [7, 11) is 0. The van der Waals surface area contributed by atoms with Gasteiger partial charge >= 0.3 is 5.97 Å². The molecule has 0 aromatic heterocycles. The lowest BCUT2D eigenvalue weighted by atomic mass is 9.76. The molecule has 0 radical (unpaired) electrons. The second kappa shape index (κ2) is 16.0. The lowest BCUT2D eigenvalue weighted by Crippen LogP contribution is -2.14. The molecule has 0 unspecified atom stereocenters. The van der Waals surface area contributed by atoms with Crippen LogP contribution in [-0.4, -0.2) is 5.97 Å². The molecule has 2 nitrogen and oxygen atoms in total. The third kappa shape index (κ3) is 9.95. The maximum atomic E-state index is 12.2. The lowest BCUT2D eigenvalue weighted by Gasteiger charge is -2.30. The van der Waals surface area contributed by atoms with Crippen molar-refractivity contribution >= 4 is 5.97 Å². The van der Waals surface area contributed by atoms with Crippen LogP contribution in [0.15, 0.2) is 36.4 Å². The SMILES string of the molecule is CCCCCCCC(=O)Oc1ccc(CCc2ccc([C@H]3CC[C@H](CCCCC)CC3)c(C)c2)cc1C. The number of unbranched alkanes of at least 4 members (excludes halogenated alkanes) is 6. The summed E-state index contributed by atoms with van der Waals surface area (Å²) in [6.07, 6.45) is 19.5. The van der Waals surface area contributed by atoms with Gasteiger partial charge in [-0.3, -0.25) is 4.79 Å². The van der Waals surface area contributed by atoms with Crippen LogP contribution in [0.5, 0.6) is 5.75 Å². The summed E-state index contributed by atoms with van der Waals surface area (Å²) >= 11 is 0. The van der Waals surface area contributed by atoms with Gasteiger partial charge in [-0.05, 0) is 105 Å². The van der Waals surface area contributed by atoms with E-state index in [0.29, 0.717) is 12.2 Å². The van der Waals surface area contributed by atoms with E-state index in [1.807, 2.05) is 13.0 Å². The fourth-order valence-corrected chi connectivity index (χ4v) is 6.11. The second-order valence-corrected chi connectivity index (χ2v) is 11.6. The zero-order valence-electron chi connectivity index (χ0n) is 24.2. The Hall–Kier alpha value is -2.09. The summed E-state index contributed by atoms with van der Waals surface area (Å²) in [5, 5.41) is 0. The van der Waals surface area contributed by atoms with Crippen LogP contribution in [0, 0.1) is 19.8 Å². The van der Waals surface area contributed by atoms with Crippen molar-refractivity contribution in [3.63, 3.8) is 0 Å². The first-order valence-corrected chi connectivity index (χ1v) is 15.4. The van der Waals surface area contributed by atoms with Crippen LogP contribution in [0.25, 0.3) is 0 Å². The highest BCUT2D eigenvalue weighted by Gasteiger charge is 2.23. The molecule has 0 heterocycles. The predicted molar refractivity (Wildman–Crippen MR) is 158 cm³/mol. The largest absolute Gasteiger partial charge is 0.426 e. The molecule has 37 heavy (non-hydrogen) atoms. The van der Waals surface area contributed by atoms with Gasteiger partial charge in [-0.1, -0.05) is 95.5 Å². The van der Waals surface area contributed by atoms with Crippen LogP contribution in [0.4, 0.5) is 0 Å². The quantitative estimate of drug-likeness (QED) is 0.137. The molecule has 1 aliphatic carbocycles. The van der Waals surface area contributed by atoms with Gasteiger partial charge in [-0.15, -0.1) is 0 Å². The van der Waals surface area contributed by atoms with Crippen molar-refractivity contribution in [2.45, 2.75) is 136 Å². The number of aryl methyl sites for hydroxylation is 4. The number of benzene rings is 2. The first-order chi connectivity index (χ1) is 18.0. The van der Waals surface area contributed by atoms with E-state index in [1.165, 1.54) is 87.3 Å². The maximum absolute atomic E-state index is 12.2. The molecule has 2 heteroatoms. The number of carbonyl (C=O) groups excluding carboxylic acids is 1. The van der Waals surface area contributed by atoms with E-state index in [2.05, 4.69) is 51.1 Å². The average Bonchev–Trinajstić information content (AvgIpc) is 2.89. The molecular weight excluding hydrogens is 452 g/mol. The van der Waals surface area contributed by atoms with Gasteiger partial charge < -0.3 is 4.74 Å². The number of rotatable bonds is 15. The zero-order chi connectivity index (χ0) is 26.5. The van der Waals surface area contributed by atoms with Gasteiger partial charge in [0.1, 0.15) is 5.75 Å². The molecule has 0 bridgehead atoms. The zero-order valence-corrected chi connectivity index (χ0v) is 24.2. The lowest BCUT2D eigenvalue weighted by molar-refractivity contribution is -0.134. The molecular formula is C35H52O2. The number of carbonyl (C=O) groups is 1. The van der Waals surface area contributed by atoms with E-state index in [9.17, 15) is 4.79 Å². The molecule has 1 saturated carbocycles. The van der Waals surface area contributed by atoms with E-state index in [-0.39, 0.29) is 5.97 Å². The van der Waals surface area contributed by atoms with E-state index >= 15 is 0 Å². The number of hydrogen-bond acceptors (Lipinski definition) is 2. The fourth-order valence-electron chi connectivity index (χ4n) is 6.11. The third-order valence-electron chi connectivity index (χ3n) is 8.49. The molecule has 1 fully saturated rings.